The molecule has 2 fully saturated rings. The average Bonchev–Trinajstić information content (AvgIpc) is 2.97. The Hall–Kier alpha value is -2.62. The molecule has 2 aromatic carbocycles. The Balaban J connectivity index is 1.70. The summed E-state index contributed by atoms with van der Waals surface area (Å²) >= 11 is 3.30. The second-order valence-electron chi connectivity index (χ2n) is 7.51. The van der Waals surface area contributed by atoms with Crippen molar-refractivity contribution in [3.05, 3.63) is 62.9 Å². The van der Waals surface area contributed by atoms with Crippen molar-refractivity contribution in [1.29, 1.82) is 0 Å². The van der Waals surface area contributed by atoms with Gasteiger partial charge >= 0.3 is 0 Å². The Labute approximate surface area is 173 Å². The first-order chi connectivity index (χ1) is 14.1. The van der Waals surface area contributed by atoms with E-state index in [4.69, 9.17) is 0 Å². The fourth-order valence-electron chi connectivity index (χ4n) is 4.99. The average molecular weight is 486 g/mol. The van der Waals surface area contributed by atoms with Gasteiger partial charge in [-0.2, -0.15) is 0 Å². The van der Waals surface area contributed by atoms with Crippen molar-refractivity contribution in [3.8, 4) is 0 Å². The maximum absolute atomic E-state index is 14.3. The first-order valence-electron chi connectivity index (χ1n) is 8.86. The number of benzene rings is 2. The van der Waals surface area contributed by atoms with E-state index in [9.17, 15) is 36.3 Å². The zero-order valence-corrected chi connectivity index (χ0v) is 16.3. The second-order valence-corrected chi connectivity index (χ2v) is 8.43. The highest BCUT2D eigenvalue weighted by Crippen LogP contribution is 2.58. The van der Waals surface area contributed by atoms with Crippen LogP contribution in [0, 0.1) is 40.9 Å². The molecule has 4 nitrogen and oxygen atoms in total. The number of carbonyl (C=O) groups excluding carboxylic acids is 3. The highest BCUT2D eigenvalue weighted by Gasteiger charge is 2.63. The van der Waals surface area contributed by atoms with Crippen molar-refractivity contribution in [1.82, 2.24) is 0 Å². The normalized spacial score (nSPS) is 27.0. The summed E-state index contributed by atoms with van der Waals surface area (Å²) in [6, 6.07) is 4.99. The summed E-state index contributed by atoms with van der Waals surface area (Å²) < 4.78 is 70.2. The quantitative estimate of drug-likeness (QED) is 0.264. The van der Waals surface area contributed by atoms with Crippen LogP contribution in [-0.4, -0.2) is 17.6 Å². The predicted molar refractivity (Wildman–Crippen MR) is 95.0 cm³/mol. The molecule has 0 radical (unpaired) electrons. The number of anilines is 1. The molecular formula is C20H9BrF5NO3. The lowest BCUT2D eigenvalue weighted by molar-refractivity contribution is -0.134. The number of hydrogen-bond acceptors (Lipinski definition) is 3. The van der Waals surface area contributed by atoms with Crippen LogP contribution in [0.2, 0.25) is 0 Å². The molecule has 4 aliphatic rings. The van der Waals surface area contributed by atoms with Crippen LogP contribution in [0.4, 0.5) is 27.6 Å². The third-order valence-electron chi connectivity index (χ3n) is 6.15. The van der Waals surface area contributed by atoms with E-state index in [-0.39, 0.29) is 17.1 Å². The van der Waals surface area contributed by atoms with E-state index in [1.807, 2.05) is 0 Å². The van der Waals surface area contributed by atoms with Gasteiger partial charge in [0.05, 0.1) is 17.8 Å². The number of ketones is 1. The maximum atomic E-state index is 14.3. The van der Waals surface area contributed by atoms with E-state index in [0.29, 0.717) is 15.6 Å². The SMILES string of the molecule is O=C1C[C@H]2c3cc(Br)ccc3[C@@H]1[C@@H]1C(=O)N(c3c(F)c(F)c(F)c(F)c3F)C(=O)[C@@H]12. The minimum absolute atomic E-state index is 0.0190. The number of Topliss-reactive ketones (excluding diaryl/α,β-unsaturated/α-hetero) is 1. The van der Waals surface area contributed by atoms with Crippen molar-refractivity contribution in [2.24, 2.45) is 11.8 Å². The highest BCUT2D eigenvalue weighted by molar-refractivity contribution is 9.10. The molecule has 154 valence electrons. The first kappa shape index (κ1) is 19.3. The Bertz CT molecular complexity index is 1170. The first-order valence-corrected chi connectivity index (χ1v) is 9.65. The largest absolute Gasteiger partial charge is 0.299 e. The predicted octanol–water partition coefficient (Wildman–Crippen LogP) is 4.10. The molecule has 2 aromatic rings. The molecule has 3 aliphatic carbocycles. The lowest BCUT2D eigenvalue weighted by Gasteiger charge is -2.43. The Kier molecular flexibility index (Phi) is 3.99. The standard InChI is InChI=1S/C20H9BrF5NO3/c21-5-1-2-6-7(3-5)8-4-9(28)10(6)12-11(8)19(29)27(20(12)30)18-16(25)14(23)13(22)15(24)17(18)26/h1-3,8,10-12H,4H2/t8-,10-,11+,12-/m0/s1. The van der Waals surface area contributed by atoms with Crippen LogP contribution in [0.15, 0.2) is 22.7 Å². The molecule has 2 amide bonds. The van der Waals surface area contributed by atoms with E-state index in [1.165, 1.54) is 0 Å². The van der Waals surface area contributed by atoms with Gasteiger partial charge in [0.1, 0.15) is 11.5 Å². The zero-order chi connectivity index (χ0) is 21.6. The van der Waals surface area contributed by atoms with Crippen molar-refractivity contribution < 1.29 is 36.3 Å². The molecule has 10 heteroatoms. The number of carbonyl (C=O) groups is 3. The van der Waals surface area contributed by atoms with Gasteiger partial charge in [0, 0.05) is 16.8 Å². The minimum Gasteiger partial charge on any atom is -0.299 e. The number of halogens is 6. The summed E-state index contributed by atoms with van der Waals surface area (Å²) in [5.74, 6) is -18.1. The van der Waals surface area contributed by atoms with Crippen LogP contribution >= 0.6 is 15.9 Å². The fraction of sp³-hybridized carbons (Fsp3) is 0.250. The zero-order valence-electron chi connectivity index (χ0n) is 14.7. The number of nitrogens with zero attached hydrogens (tertiary/aromatic N) is 1. The molecule has 1 aliphatic heterocycles. The van der Waals surface area contributed by atoms with Crippen molar-refractivity contribution in [3.63, 3.8) is 0 Å². The Morgan fingerprint density at radius 2 is 1.37 bits per heavy atom. The lowest BCUT2D eigenvalue weighted by Crippen LogP contribution is -2.45. The van der Waals surface area contributed by atoms with Crippen LogP contribution < -0.4 is 4.90 Å². The van der Waals surface area contributed by atoms with Gasteiger partial charge in [-0.1, -0.05) is 22.0 Å². The molecular weight excluding hydrogens is 477 g/mol. The van der Waals surface area contributed by atoms with Crippen molar-refractivity contribution >= 4 is 39.2 Å². The summed E-state index contributed by atoms with van der Waals surface area (Å²) in [6.07, 6.45) is -0.0563. The van der Waals surface area contributed by atoms with E-state index >= 15 is 0 Å². The molecule has 1 heterocycles. The fourth-order valence-corrected chi connectivity index (χ4v) is 5.37. The van der Waals surface area contributed by atoms with Gasteiger partial charge in [0.15, 0.2) is 23.3 Å². The summed E-state index contributed by atoms with van der Waals surface area (Å²) in [5, 5.41) is 0. The number of fused-ring (bicyclic) bond motifs is 1. The number of rotatable bonds is 1. The minimum atomic E-state index is -2.39. The van der Waals surface area contributed by atoms with Crippen LogP contribution in [0.1, 0.15) is 29.4 Å². The number of imide groups is 1. The third-order valence-corrected chi connectivity index (χ3v) is 6.65. The topological polar surface area (TPSA) is 54.5 Å². The monoisotopic (exact) mass is 485 g/mol. The molecule has 1 saturated heterocycles. The van der Waals surface area contributed by atoms with Gasteiger partial charge in [0.2, 0.25) is 17.6 Å². The molecule has 6 rings (SSSR count). The van der Waals surface area contributed by atoms with Crippen LogP contribution in [0.5, 0.6) is 0 Å². The molecule has 4 atom stereocenters. The van der Waals surface area contributed by atoms with E-state index in [2.05, 4.69) is 15.9 Å². The lowest BCUT2D eigenvalue weighted by atomic mass is 9.56. The van der Waals surface area contributed by atoms with Crippen LogP contribution in [-0.2, 0) is 14.4 Å². The molecule has 0 aromatic heterocycles. The number of amides is 2. The van der Waals surface area contributed by atoms with E-state index < -0.39 is 70.3 Å². The van der Waals surface area contributed by atoms with Gasteiger partial charge in [0.25, 0.3) is 0 Å². The van der Waals surface area contributed by atoms with E-state index in [1.54, 1.807) is 18.2 Å². The highest BCUT2D eigenvalue weighted by atomic mass is 79.9. The summed E-state index contributed by atoms with van der Waals surface area (Å²) in [7, 11) is 0. The molecule has 1 saturated carbocycles. The Morgan fingerprint density at radius 3 is 2.00 bits per heavy atom. The molecule has 0 unspecified atom stereocenters. The summed E-state index contributed by atoms with van der Waals surface area (Å²) in [4.78, 5) is 38.7. The van der Waals surface area contributed by atoms with Gasteiger partial charge in [-0.3, -0.25) is 14.4 Å². The molecule has 30 heavy (non-hydrogen) atoms. The molecule has 2 bridgehead atoms. The Morgan fingerprint density at radius 1 is 0.800 bits per heavy atom. The number of hydrogen-bond donors (Lipinski definition) is 0. The van der Waals surface area contributed by atoms with Gasteiger partial charge < -0.3 is 0 Å². The van der Waals surface area contributed by atoms with Crippen molar-refractivity contribution in [2.45, 2.75) is 18.3 Å². The van der Waals surface area contributed by atoms with E-state index in [0.717, 1.165) is 0 Å². The second kappa shape index (κ2) is 6.19. The van der Waals surface area contributed by atoms with Gasteiger partial charge in [-0.25, -0.2) is 26.9 Å². The van der Waals surface area contributed by atoms with Gasteiger partial charge in [-0.15, -0.1) is 0 Å². The summed E-state index contributed by atoms with van der Waals surface area (Å²) in [6.45, 7) is 0. The van der Waals surface area contributed by atoms with Gasteiger partial charge in [-0.05, 0) is 23.3 Å². The molecule has 0 spiro atoms. The third kappa shape index (κ3) is 2.22. The maximum Gasteiger partial charge on any atom is 0.238 e. The van der Waals surface area contributed by atoms with Crippen LogP contribution in [0.25, 0.3) is 0 Å². The molecule has 0 N–H and O–H groups in total. The van der Waals surface area contributed by atoms with Crippen LogP contribution in [0.3, 0.4) is 0 Å². The summed E-state index contributed by atoms with van der Waals surface area (Å²) in [5.41, 5.74) is -0.426. The smallest absolute Gasteiger partial charge is 0.238 e. The van der Waals surface area contributed by atoms with Crippen molar-refractivity contribution in [2.75, 3.05) is 4.90 Å².